The molecule has 3 nitrogen and oxygen atoms in total. The molecule has 0 spiro atoms. The zero-order chi connectivity index (χ0) is 8.43. The van der Waals surface area contributed by atoms with Gasteiger partial charge in [-0.05, 0) is 25.5 Å². The third-order valence-electron chi connectivity index (χ3n) is 1.46. The maximum Gasteiger partial charge on any atom is 0.130 e. The van der Waals surface area contributed by atoms with Crippen LogP contribution in [0.5, 0.6) is 0 Å². The van der Waals surface area contributed by atoms with Crippen LogP contribution in [0.15, 0.2) is 18.3 Å². The molecule has 3 heteroatoms. The molecule has 1 heterocycles. The highest BCUT2D eigenvalue weighted by Gasteiger charge is 1.92. The minimum atomic E-state index is 0.350. The number of aromatic nitrogens is 1. The van der Waals surface area contributed by atoms with Gasteiger partial charge in [0.15, 0.2) is 0 Å². The van der Waals surface area contributed by atoms with Gasteiger partial charge in [-0.2, -0.15) is 0 Å². The standard InChI is InChI=1S/C8H11N3/c1-6-3-4-8(10)11(5-6)7(2)9/h3-5,9-10H,1-2H3. The predicted octanol–water partition coefficient (Wildman–Crippen LogP) is 1.12. The van der Waals surface area contributed by atoms with E-state index in [2.05, 4.69) is 0 Å². The number of hydrogen-bond donors (Lipinski definition) is 2. The number of aryl methyl sites for hydroxylation is 1. The lowest BCUT2D eigenvalue weighted by molar-refractivity contribution is 0.947. The summed E-state index contributed by atoms with van der Waals surface area (Å²) in [5.74, 6) is 0.374. The van der Waals surface area contributed by atoms with Gasteiger partial charge in [0, 0.05) is 6.20 Å². The Labute approximate surface area is 65.3 Å². The Balaban J connectivity index is 3.35. The monoisotopic (exact) mass is 149 g/mol. The Bertz CT molecular complexity index is 335. The first-order valence-electron chi connectivity index (χ1n) is 3.40. The van der Waals surface area contributed by atoms with Crippen molar-refractivity contribution in [3.05, 3.63) is 29.4 Å². The fourth-order valence-electron chi connectivity index (χ4n) is 0.884. The first-order valence-corrected chi connectivity index (χ1v) is 3.40. The van der Waals surface area contributed by atoms with Crippen molar-refractivity contribution in [2.45, 2.75) is 13.8 Å². The van der Waals surface area contributed by atoms with Crippen LogP contribution in [0, 0.1) is 17.7 Å². The van der Waals surface area contributed by atoms with Crippen LogP contribution in [-0.2, 0) is 0 Å². The van der Waals surface area contributed by atoms with Gasteiger partial charge in [0.2, 0.25) is 0 Å². The lowest BCUT2D eigenvalue weighted by Crippen LogP contribution is -2.23. The third kappa shape index (κ3) is 1.55. The highest BCUT2D eigenvalue weighted by atomic mass is 15.0. The molecular formula is C8H11N3. The van der Waals surface area contributed by atoms with E-state index in [0.29, 0.717) is 11.3 Å². The maximum atomic E-state index is 7.42. The first-order chi connectivity index (χ1) is 5.11. The van der Waals surface area contributed by atoms with E-state index in [9.17, 15) is 0 Å². The van der Waals surface area contributed by atoms with Gasteiger partial charge in [-0.3, -0.25) is 15.4 Å². The van der Waals surface area contributed by atoms with Crippen LogP contribution in [0.25, 0.3) is 0 Å². The van der Waals surface area contributed by atoms with Crippen molar-refractivity contribution in [2.24, 2.45) is 0 Å². The zero-order valence-corrected chi connectivity index (χ0v) is 6.68. The lowest BCUT2D eigenvalue weighted by atomic mass is 10.3. The van der Waals surface area contributed by atoms with Crippen molar-refractivity contribution in [3.8, 4) is 0 Å². The van der Waals surface area contributed by atoms with E-state index in [1.807, 2.05) is 13.0 Å². The average molecular weight is 149 g/mol. The minimum absolute atomic E-state index is 0.350. The quantitative estimate of drug-likeness (QED) is 0.410. The van der Waals surface area contributed by atoms with E-state index in [0.717, 1.165) is 5.56 Å². The molecule has 58 valence electrons. The summed E-state index contributed by atoms with van der Waals surface area (Å²) in [5, 5.41) is 14.7. The molecule has 0 aliphatic rings. The summed E-state index contributed by atoms with van der Waals surface area (Å²) in [6.45, 7) is 3.61. The van der Waals surface area contributed by atoms with E-state index in [4.69, 9.17) is 10.8 Å². The Hall–Kier alpha value is -1.38. The minimum Gasteiger partial charge on any atom is -0.290 e. The second-order valence-electron chi connectivity index (χ2n) is 2.55. The Morgan fingerprint density at radius 1 is 1.45 bits per heavy atom. The molecule has 11 heavy (non-hydrogen) atoms. The number of rotatable bonds is 0. The summed E-state index contributed by atoms with van der Waals surface area (Å²) in [6.07, 6.45) is 1.78. The highest BCUT2D eigenvalue weighted by molar-refractivity contribution is 5.78. The predicted molar refractivity (Wildman–Crippen MR) is 43.8 cm³/mol. The van der Waals surface area contributed by atoms with Gasteiger partial charge in [0.25, 0.3) is 0 Å². The highest BCUT2D eigenvalue weighted by Crippen LogP contribution is 1.90. The van der Waals surface area contributed by atoms with Crippen molar-refractivity contribution < 1.29 is 0 Å². The van der Waals surface area contributed by atoms with Crippen LogP contribution in [0.2, 0.25) is 0 Å². The van der Waals surface area contributed by atoms with E-state index >= 15 is 0 Å². The molecule has 1 aromatic heterocycles. The summed E-state index contributed by atoms with van der Waals surface area (Å²) >= 11 is 0. The van der Waals surface area contributed by atoms with Gasteiger partial charge < -0.3 is 0 Å². The second-order valence-corrected chi connectivity index (χ2v) is 2.55. The molecule has 2 N–H and O–H groups in total. The summed E-state index contributed by atoms with van der Waals surface area (Å²) in [4.78, 5) is 0. The SMILES string of the molecule is CC(=N)n1cc(C)ccc1=N. The summed E-state index contributed by atoms with van der Waals surface area (Å²) < 4.78 is 1.54. The number of nitrogens with zero attached hydrogens (tertiary/aromatic N) is 1. The summed E-state index contributed by atoms with van der Waals surface area (Å²) in [7, 11) is 0. The molecule has 0 saturated heterocycles. The fourth-order valence-corrected chi connectivity index (χ4v) is 0.884. The molecule has 1 aromatic rings. The number of nitrogens with one attached hydrogen (secondary N) is 2. The van der Waals surface area contributed by atoms with Crippen molar-refractivity contribution in [1.29, 1.82) is 10.8 Å². The molecule has 0 radical (unpaired) electrons. The van der Waals surface area contributed by atoms with E-state index in [-0.39, 0.29) is 0 Å². The van der Waals surface area contributed by atoms with Crippen LogP contribution in [0.3, 0.4) is 0 Å². The van der Waals surface area contributed by atoms with Crippen molar-refractivity contribution >= 4 is 5.84 Å². The Kier molecular flexibility index (Phi) is 1.89. The molecule has 0 amide bonds. The topological polar surface area (TPSA) is 52.6 Å². The summed E-state index contributed by atoms with van der Waals surface area (Å²) in [6, 6.07) is 3.55. The third-order valence-corrected chi connectivity index (χ3v) is 1.46. The molecule has 0 aliphatic carbocycles. The fraction of sp³-hybridized carbons (Fsp3) is 0.250. The Morgan fingerprint density at radius 2 is 2.09 bits per heavy atom. The smallest absolute Gasteiger partial charge is 0.130 e. The van der Waals surface area contributed by atoms with Gasteiger partial charge in [-0.15, -0.1) is 0 Å². The average Bonchev–Trinajstić information content (AvgIpc) is 1.94. The van der Waals surface area contributed by atoms with E-state index in [1.165, 1.54) is 4.57 Å². The van der Waals surface area contributed by atoms with Crippen LogP contribution in [-0.4, -0.2) is 10.4 Å². The van der Waals surface area contributed by atoms with Crippen LogP contribution < -0.4 is 5.49 Å². The lowest BCUT2D eigenvalue weighted by Gasteiger charge is -2.03. The van der Waals surface area contributed by atoms with Gasteiger partial charge in [0.05, 0.1) is 0 Å². The van der Waals surface area contributed by atoms with Gasteiger partial charge in [0.1, 0.15) is 11.3 Å². The molecule has 1 rings (SSSR count). The van der Waals surface area contributed by atoms with Crippen LogP contribution in [0.4, 0.5) is 0 Å². The van der Waals surface area contributed by atoms with Crippen molar-refractivity contribution in [3.63, 3.8) is 0 Å². The molecule has 0 unspecified atom stereocenters. The van der Waals surface area contributed by atoms with Crippen LogP contribution in [0.1, 0.15) is 12.5 Å². The van der Waals surface area contributed by atoms with E-state index < -0.39 is 0 Å². The maximum absolute atomic E-state index is 7.42. The molecule has 0 aromatic carbocycles. The van der Waals surface area contributed by atoms with Gasteiger partial charge in [-0.25, -0.2) is 0 Å². The van der Waals surface area contributed by atoms with Crippen LogP contribution >= 0.6 is 0 Å². The Morgan fingerprint density at radius 3 is 2.55 bits per heavy atom. The molecule has 0 bridgehead atoms. The first kappa shape index (κ1) is 7.72. The second kappa shape index (κ2) is 2.70. The van der Waals surface area contributed by atoms with Gasteiger partial charge >= 0.3 is 0 Å². The normalized spacial score (nSPS) is 9.64. The summed E-state index contributed by atoms with van der Waals surface area (Å²) in [5.41, 5.74) is 1.41. The van der Waals surface area contributed by atoms with Crippen molar-refractivity contribution in [2.75, 3.05) is 0 Å². The van der Waals surface area contributed by atoms with E-state index in [1.54, 1.807) is 19.2 Å². The van der Waals surface area contributed by atoms with Crippen molar-refractivity contribution in [1.82, 2.24) is 4.57 Å². The molecule has 0 aliphatic heterocycles. The largest absolute Gasteiger partial charge is 0.290 e. The number of hydrogen-bond acceptors (Lipinski definition) is 2. The molecular weight excluding hydrogens is 138 g/mol. The molecule has 0 saturated carbocycles. The van der Waals surface area contributed by atoms with Gasteiger partial charge in [-0.1, -0.05) is 6.07 Å². The zero-order valence-electron chi connectivity index (χ0n) is 6.68. The number of pyridine rings is 1. The molecule has 0 fully saturated rings. The molecule has 0 atom stereocenters.